The van der Waals surface area contributed by atoms with E-state index in [9.17, 15) is 0 Å². The number of hydrogen-bond acceptors (Lipinski definition) is 1. The van der Waals surface area contributed by atoms with Gasteiger partial charge in [0, 0.05) is 6.20 Å². The molecule has 0 radical (unpaired) electrons. The fourth-order valence-corrected chi connectivity index (χ4v) is 1.46. The van der Waals surface area contributed by atoms with Gasteiger partial charge in [-0.1, -0.05) is 30.7 Å². The van der Waals surface area contributed by atoms with Crippen LogP contribution in [0.15, 0.2) is 36.7 Å². The molecule has 0 saturated carbocycles. The first-order valence-corrected chi connectivity index (χ1v) is 4.97. The van der Waals surface area contributed by atoms with Gasteiger partial charge in [-0.15, -0.1) is 0 Å². The quantitative estimate of drug-likeness (QED) is 0.739. The molecule has 0 unspecified atom stereocenters. The zero-order valence-corrected chi connectivity index (χ0v) is 8.70. The first kappa shape index (κ1) is 9.28. The van der Waals surface area contributed by atoms with Crippen molar-refractivity contribution in [2.75, 3.05) is 0 Å². The van der Waals surface area contributed by atoms with E-state index in [1.165, 1.54) is 5.56 Å². The minimum absolute atomic E-state index is 0.657. The van der Waals surface area contributed by atoms with E-state index in [0.717, 1.165) is 12.1 Å². The molecule has 0 aliphatic heterocycles. The summed E-state index contributed by atoms with van der Waals surface area (Å²) in [5, 5.41) is 4.78. The summed E-state index contributed by atoms with van der Waals surface area (Å²) >= 11 is 5.79. The minimum atomic E-state index is 0.657. The maximum atomic E-state index is 5.79. The molecule has 2 aromatic rings. The Labute approximate surface area is 88.1 Å². The number of aromatic nitrogens is 2. The second kappa shape index (κ2) is 3.84. The Balaban J connectivity index is 2.33. The second-order valence-electron chi connectivity index (χ2n) is 3.12. The average molecular weight is 207 g/mol. The third-order valence-corrected chi connectivity index (χ3v) is 2.36. The Bertz CT molecular complexity index is 417. The van der Waals surface area contributed by atoms with Crippen molar-refractivity contribution in [2.45, 2.75) is 13.3 Å². The van der Waals surface area contributed by atoms with Crippen molar-refractivity contribution in [3.05, 3.63) is 47.2 Å². The molecular weight excluding hydrogens is 196 g/mol. The van der Waals surface area contributed by atoms with Gasteiger partial charge in [0.15, 0.2) is 0 Å². The standard InChI is InChI=1S/C11H11ClN2/c1-2-9-3-5-11(6-4-9)14-8-10(12)7-13-14/h3-8H,2H2,1H3. The van der Waals surface area contributed by atoms with Gasteiger partial charge in [-0.2, -0.15) is 5.10 Å². The molecule has 0 atom stereocenters. The smallest absolute Gasteiger partial charge is 0.0790 e. The molecule has 0 aliphatic rings. The monoisotopic (exact) mass is 206 g/mol. The van der Waals surface area contributed by atoms with E-state index in [4.69, 9.17) is 11.6 Å². The lowest BCUT2D eigenvalue weighted by Gasteiger charge is -2.01. The van der Waals surface area contributed by atoms with Gasteiger partial charge in [-0.25, -0.2) is 4.68 Å². The van der Waals surface area contributed by atoms with Crippen LogP contribution in [0.2, 0.25) is 5.02 Å². The molecular formula is C11H11ClN2. The molecule has 2 nitrogen and oxygen atoms in total. The third-order valence-electron chi connectivity index (χ3n) is 2.16. The fraction of sp³-hybridized carbons (Fsp3) is 0.182. The number of rotatable bonds is 2. The molecule has 0 saturated heterocycles. The zero-order chi connectivity index (χ0) is 9.97. The van der Waals surface area contributed by atoms with Crippen LogP contribution >= 0.6 is 11.6 Å². The lowest BCUT2D eigenvalue weighted by molar-refractivity contribution is 0.879. The van der Waals surface area contributed by atoms with Crippen LogP contribution in [0.4, 0.5) is 0 Å². The van der Waals surface area contributed by atoms with Crippen LogP contribution in [0.5, 0.6) is 0 Å². The minimum Gasteiger partial charge on any atom is -0.239 e. The van der Waals surface area contributed by atoms with Crippen molar-refractivity contribution >= 4 is 11.6 Å². The van der Waals surface area contributed by atoms with Crippen molar-refractivity contribution < 1.29 is 0 Å². The number of benzene rings is 1. The van der Waals surface area contributed by atoms with E-state index >= 15 is 0 Å². The maximum Gasteiger partial charge on any atom is 0.0790 e. The average Bonchev–Trinajstić information content (AvgIpc) is 2.65. The Kier molecular flexibility index (Phi) is 2.55. The van der Waals surface area contributed by atoms with Crippen LogP contribution in [0.25, 0.3) is 5.69 Å². The number of hydrogen-bond donors (Lipinski definition) is 0. The molecule has 72 valence electrons. The highest BCUT2D eigenvalue weighted by Crippen LogP contribution is 2.12. The molecule has 0 N–H and O–H groups in total. The van der Waals surface area contributed by atoms with Gasteiger partial charge >= 0.3 is 0 Å². The van der Waals surface area contributed by atoms with Crippen molar-refractivity contribution in [3.63, 3.8) is 0 Å². The Hall–Kier alpha value is -1.28. The topological polar surface area (TPSA) is 17.8 Å². The SMILES string of the molecule is CCc1ccc(-n2cc(Cl)cn2)cc1. The molecule has 1 aromatic heterocycles. The summed E-state index contributed by atoms with van der Waals surface area (Å²) in [7, 11) is 0. The van der Waals surface area contributed by atoms with E-state index in [2.05, 4.69) is 24.2 Å². The van der Waals surface area contributed by atoms with E-state index in [0.29, 0.717) is 5.02 Å². The highest BCUT2D eigenvalue weighted by Gasteiger charge is 1.98. The largest absolute Gasteiger partial charge is 0.239 e. The highest BCUT2D eigenvalue weighted by atomic mass is 35.5. The second-order valence-corrected chi connectivity index (χ2v) is 3.56. The van der Waals surface area contributed by atoms with Crippen LogP contribution in [0, 0.1) is 0 Å². The van der Waals surface area contributed by atoms with Gasteiger partial charge < -0.3 is 0 Å². The maximum absolute atomic E-state index is 5.79. The summed E-state index contributed by atoms with van der Waals surface area (Å²) in [4.78, 5) is 0. The van der Waals surface area contributed by atoms with Crippen LogP contribution < -0.4 is 0 Å². The first-order valence-electron chi connectivity index (χ1n) is 4.59. The van der Waals surface area contributed by atoms with Crippen LogP contribution in [-0.2, 0) is 6.42 Å². The van der Waals surface area contributed by atoms with Gasteiger partial charge in [0.05, 0.1) is 16.9 Å². The van der Waals surface area contributed by atoms with Gasteiger partial charge in [0.1, 0.15) is 0 Å². The molecule has 2 rings (SSSR count). The van der Waals surface area contributed by atoms with E-state index in [-0.39, 0.29) is 0 Å². The molecule has 0 amide bonds. The third kappa shape index (κ3) is 1.80. The molecule has 0 fully saturated rings. The fourth-order valence-electron chi connectivity index (χ4n) is 1.33. The summed E-state index contributed by atoms with van der Waals surface area (Å²) in [6.07, 6.45) is 4.48. The number of halogens is 1. The summed E-state index contributed by atoms with van der Waals surface area (Å²) in [5.74, 6) is 0. The molecule has 3 heteroatoms. The van der Waals surface area contributed by atoms with Gasteiger partial charge in [-0.3, -0.25) is 0 Å². The Morgan fingerprint density at radius 3 is 2.50 bits per heavy atom. The molecule has 0 bridgehead atoms. The predicted octanol–water partition coefficient (Wildman–Crippen LogP) is 3.09. The lowest BCUT2D eigenvalue weighted by Crippen LogP contribution is -1.93. The van der Waals surface area contributed by atoms with Crippen molar-refractivity contribution in [1.82, 2.24) is 9.78 Å². The zero-order valence-electron chi connectivity index (χ0n) is 7.94. The first-order chi connectivity index (χ1) is 6.79. The van der Waals surface area contributed by atoms with Crippen LogP contribution in [-0.4, -0.2) is 9.78 Å². The molecule has 0 spiro atoms. The van der Waals surface area contributed by atoms with Crippen molar-refractivity contribution in [1.29, 1.82) is 0 Å². The van der Waals surface area contributed by atoms with Crippen LogP contribution in [0.3, 0.4) is 0 Å². The number of aryl methyl sites for hydroxylation is 1. The van der Waals surface area contributed by atoms with Gasteiger partial charge in [0.25, 0.3) is 0 Å². The lowest BCUT2D eigenvalue weighted by atomic mass is 10.1. The predicted molar refractivity (Wildman–Crippen MR) is 58.0 cm³/mol. The van der Waals surface area contributed by atoms with E-state index in [1.807, 2.05) is 12.1 Å². The Morgan fingerprint density at radius 2 is 2.00 bits per heavy atom. The summed E-state index contributed by atoms with van der Waals surface area (Å²) in [6, 6.07) is 8.29. The highest BCUT2D eigenvalue weighted by molar-refractivity contribution is 6.30. The van der Waals surface area contributed by atoms with Crippen LogP contribution in [0.1, 0.15) is 12.5 Å². The molecule has 1 heterocycles. The van der Waals surface area contributed by atoms with Gasteiger partial charge in [0.2, 0.25) is 0 Å². The summed E-state index contributed by atoms with van der Waals surface area (Å²) in [5.41, 5.74) is 2.36. The van der Waals surface area contributed by atoms with Crippen molar-refractivity contribution in [2.24, 2.45) is 0 Å². The molecule has 14 heavy (non-hydrogen) atoms. The molecule has 1 aromatic carbocycles. The Morgan fingerprint density at radius 1 is 1.29 bits per heavy atom. The number of nitrogens with zero attached hydrogens (tertiary/aromatic N) is 2. The normalized spacial score (nSPS) is 10.4. The summed E-state index contributed by atoms with van der Waals surface area (Å²) < 4.78 is 1.77. The van der Waals surface area contributed by atoms with Crippen molar-refractivity contribution in [3.8, 4) is 5.69 Å². The van der Waals surface area contributed by atoms with Gasteiger partial charge in [-0.05, 0) is 24.1 Å². The van der Waals surface area contributed by atoms with E-state index in [1.54, 1.807) is 17.1 Å². The van der Waals surface area contributed by atoms with E-state index < -0.39 is 0 Å². The molecule has 0 aliphatic carbocycles. The summed E-state index contributed by atoms with van der Waals surface area (Å²) in [6.45, 7) is 2.14.